The Morgan fingerprint density at radius 3 is 3.04 bits per heavy atom. The molecule has 0 aliphatic carbocycles. The maximum Gasteiger partial charge on any atom is 0.253 e. The first-order chi connectivity index (χ1) is 11.6. The molecule has 1 aliphatic rings. The van der Waals surface area contributed by atoms with Crippen molar-refractivity contribution in [2.45, 2.75) is 25.5 Å². The molecule has 24 heavy (non-hydrogen) atoms. The van der Waals surface area contributed by atoms with Crippen molar-refractivity contribution in [1.82, 2.24) is 24.5 Å². The number of pyridine rings is 1. The zero-order chi connectivity index (χ0) is 16.7. The van der Waals surface area contributed by atoms with Crippen LogP contribution in [0.2, 0.25) is 0 Å². The number of carbonyl (C=O) groups excluding carboxylic acids is 1. The first kappa shape index (κ1) is 14.9. The Morgan fingerprint density at radius 1 is 1.38 bits per heavy atom. The molecule has 3 aromatic heterocycles. The standard InChI is InChI=1S/C17H19N5O2/c1-11-14(8-19-21(11)2)16-15(5-6-24-16)20-17(23)12-3-4-13-7-18-10-22(13)9-12/h3-4,7-10,15-16H,5-6H2,1-2H3,(H,20,23)/t15-,16+/m0/s1. The summed E-state index contributed by atoms with van der Waals surface area (Å²) in [5.41, 5.74) is 3.65. The second kappa shape index (κ2) is 5.76. The maximum absolute atomic E-state index is 12.6. The summed E-state index contributed by atoms with van der Waals surface area (Å²) in [5, 5.41) is 7.38. The van der Waals surface area contributed by atoms with Gasteiger partial charge in [-0.25, -0.2) is 4.98 Å². The van der Waals surface area contributed by atoms with Gasteiger partial charge in [0.2, 0.25) is 0 Å². The molecule has 0 saturated carbocycles. The van der Waals surface area contributed by atoms with Crippen LogP contribution in [0.15, 0.2) is 37.1 Å². The lowest BCUT2D eigenvalue weighted by Crippen LogP contribution is -2.37. The van der Waals surface area contributed by atoms with Crippen LogP contribution in [0.3, 0.4) is 0 Å². The fourth-order valence-corrected chi connectivity index (χ4v) is 3.14. The lowest BCUT2D eigenvalue weighted by atomic mass is 10.0. The molecule has 4 rings (SSSR count). The number of imidazole rings is 1. The average molecular weight is 325 g/mol. The zero-order valence-electron chi connectivity index (χ0n) is 13.6. The van der Waals surface area contributed by atoms with Crippen LogP contribution in [0.5, 0.6) is 0 Å². The number of fused-ring (bicyclic) bond motifs is 1. The summed E-state index contributed by atoms with van der Waals surface area (Å²) >= 11 is 0. The number of ether oxygens (including phenoxy) is 1. The van der Waals surface area contributed by atoms with E-state index < -0.39 is 0 Å². The van der Waals surface area contributed by atoms with Gasteiger partial charge in [-0.1, -0.05) is 0 Å². The number of rotatable bonds is 3. The van der Waals surface area contributed by atoms with E-state index >= 15 is 0 Å². The number of carbonyl (C=O) groups is 1. The van der Waals surface area contributed by atoms with Gasteiger partial charge in [0, 0.05) is 31.1 Å². The average Bonchev–Trinajstić information content (AvgIpc) is 3.29. The highest BCUT2D eigenvalue weighted by molar-refractivity contribution is 5.94. The van der Waals surface area contributed by atoms with Crippen molar-refractivity contribution in [2.75, 3.05) is 6.61 Å². The smallest absolute Gasteiger partial charge is 0.253 e. The highest BCUT2D eigenvalue weighted by Crippen LogP contribution is 2.31. The van der Waals surface area contributed by atoms with E-state index in [9.17, 15) is 4.79 Å². The molecule has 2 atom stereocenters. The van der Waals surface area contributed by atoms with E-state index in [0.717, 1.165) is 23.2 Å². The number of nitrogens with zero attached hydrogens (tertiary/aromatic N) is 4. The first-order valence-electron chi connectivity index (χ1n) is 7.96. The van der Waals surface area contributed by atoms with E-state index in [1.165, 1.54) is 0 Å². The zero-order valence-corrected chi connectivity index (χ0v) is 13.6. The minimum absolute atomic E-state index is 0.0566. The molecule has 1 aliphatic heterocycles. The highest BCUT2D eigenvalue weighted by Gasteiger charge is 2.33. The van der Waals surface area contributed by atoms with Crippen molar-refractivity contribution in [3.8, 4) is 0 Å². The van der Waals surface area contributed by atoms with Crippen molar-refractivity contribution in [3.63, 3.8) is 0 Å². The third kappa shape index (κ3) is 2.46. The van der Waals surface area contributed by atoms with Crippen molar-refractivity contribution >= 4 is 11.4 Å². The molecule has 1 N–H and O–H groups in total. The summed E-state index contributed by atoms with van der Waals surface area (Å²) in [7, 11) is 1.90. The van der Waals surface area contributed by atoms with Crippen molar-refractivity contribution in [3.05, 3.63) is 53.9 Å². The van der Waals surface area contributed by atoms with Gasteiger partial charge in [-0.3, -0.25) is 9.48 Å². The van der Waals surface area contributed by atoms with Crippen LogP contribution in [-0.2, 0) is 11.8 Å². The van der Waals surface area contributed by atoms with Crippen LogP contribution >= 0.6 is 0 Å². The van der Waals surface area contributed by atoms with Crippen LogP contribution in [0, 0.1) is 6.92 Å². The first-order valence-corrected chi connectivity index (χ1v) is 7.96. The normalized spacial score (nSPS) is 20.6. The SMILES string of the molecule is Cc1c([C@H]2OCC[C@@H]2NC(=O)c2ccc3cncn3c2)cnn1C. The Balaban J connectivity index is 1.55. The number of aryl methyl sites for hydroxylation is 1. The lowest BCUT2D eigenvalue weighted by molar-refractivity contribution is 0.0819. The quantitative estimate of drug-likeness (QED) is 0.794. The molecule has 0 bridgehead atoms. The monoisotopic (exact) mass is 325 g/mol. The molecule has 0 spiro atoms. The van der Waals surface area contributed by atoms with Crippen molar-refractivity contribution in [2.24, 2.45) is 7.05 Å². The predicted octanol–water partition coefficient (Wildman–Crippen LogP) is 1.64. The second-order valence-corrected chi connectivity index (χ2v) is 6.11. The Hall–Kier alpha value is -2.67. The van der Waals surface area contributed by atoms with E-state index in [0.29, 0.717) is 12.2 Å². The molecule has 0 radical (unpaired) electrons. The third-order valence-corrected chi connectivity index (χ3v) is 4.66. The molecule has 7 nitrogen and oxygen atoms in total. The van der Waals surface area contributed by atoms with Gasteiger partial charge in [-0.15, -0.1) is 0 Å². The van der Waals surface area contributed by atoms with Crippen LogP contribution in [0.25, 0.3) is 5.52 Å². The van der Waals surface area contributed by atoms with Crippen LogP contribution in [0.4, 0.5) is 0 Å². The summed E-state index contributed by atoms with van der Waals surface area (Å²) in [5.74, 6) is -0.104. The van der Waals surface area contributed by atoms with Crippen molar-refractivity contribution in [1.29, 1.82) is 0 Å². The van der Waals surface area contributed by atoms with Gasteiger partial charge in [0.25, 0.3) is 5.91 Å². The van der Waals surface area contributed by atoms with Crippen molar-refractivity contribution < 1.29 is 9.53 Å². The molecular weight excluding hydrogens is 306 g/mol. The fraction of sp³-hybridized carbons (Fsp3) is 0.353. The summed E-state index contributed by atoms with van der Waals surface area (Å²) in [4.78, 5) is 16.7. The van der Waals surface area contributed by atoms with Crippen LogP contribution in [0.1, 0.15) is 34.1 Å². The van der Waals surface area contributed by atoms with E-state index in [2.05, 4.69) is 15.4 Å². The second-order valence-electron chi connectivity index (χ2n) is 6.11. The number of amides is 1. The molecule has 1 amide bonds. The Kier molecular flexibility index (Phi) is 3.57. The van der Waals surface area contributed by atoms with Gasteiger partial charge in [0.1, 0.15) is 6.10 Å². The molecule has 0 aromatic carbocycles. The summed E-state index contributed by atoms with van der Waals surface area (Å²) in [6.45, 7) is 2.64. The van der Waals surface area contributed by atoms with Gasteiger partial charge in [0.05, 0.1) is 35.8 Å². The fourth-order valence-electron chi connectivity index (χ4n) is 3.14. The molecule has 4 heterocycles. The molecule has 7 heteroatoms. The number of hydrogen-bond donors (Lipinski definition) is 1. The minimum atomic E-state index is -0.153. The molecule has 124 valence electrons. The molecule has 0 unspecified atom stereocenters. The molecule has 1 fully saturated rings. The van der Waals surface area contributed by atoms with Gasteiger partial charge in [0.15, 0.2) is 0 Å². The largest absolute Gasteiger partial charge is 0.371 e. The summed E-state index contributed by atoms with van der Waals surface area (Å²) in [6, 6.07) is 3.64. The Labute approximate surface area is 139 Å². The summed E-state index contributed by atoms with van der Waals surface area (Å²) < 4.78 is 9.52. The van der Waals surface area contributed by atoms with E-state index in [1.807, 2.05) is 41.4 Å². The summed E-state index contributed by atoms with van der Waals surface area (Å²) in [6.07, 6.45) is 7.69. The maximum atomic E-state index is 12.6. The van der Waals surface area contributed by atoms with Crippen LogP contribution < -0.4 is 5.32 Å². The highest BCUT2D eigenvalue weighted by atomic mass is 16.5. The lowest BCUT2D eigenvalue weighted by Gasteiger charge is -2.20. The Bertz CT molecular complexity index is 897. The molecule has 3 aromatic rings. The van der Waals surface area contributed by atoms with Gasteiger partial charge in [-0.05, 0) is 25.5 Å². The third-order valence-electron chi connectivity index (χ3n) is 4.66. The topological polar surface area (TPSA) is 73.4 Å². The van der Waals surface area contributed by atoms with E-state index in [1.54, 1.807) is 18.7 Å². The van der Waals surface area contributed by atoms with Gasteiger partial charge >= 0.3 is 0 Å². The minimum Gasteiger partial charge on any atom is -0.371 e. The number of aromatic nitrogens is 4. The van der Waals surface area contributed by atoms with Gasteiger partial charge in [-0.2, -0.15) is 5.10 Å². The number of nitrogens with one attached hydrogen (secondary N) is 1. The molecule has 1 saturated heterocycles. The Morgan fingerprint density at radius 2 is 2.25 bits per heavy atom. The number of hydrogen-bond acceptors (Lipinski definition) is 4. The molecular formula is C17H19N5O2. The van der Waals surface area contributed by atoms with E-state index in [4.69, 9.17) is 4.74 Å². The predicted molar refractivity (Wildman–Crippen MR) is 87.7 cm³/mol. The van der Waals surface area contributed by atoms with E-state index in [-0.39, 0.29) is 18.1 Å². The van der Waals surface area contributed by atoms with Crippen LogP contribution in [-0.4, -0.2) is 37.7 Å². The van der Waals surface area contributed by atoms with Gasteiger partial charge < -0.3 is 14.5 Å².